The number of aliphatic hydroxyl groups is 1. The number of ether oxygens (including phenoxy) is 3. The lowest BCUT2D eigenvalue weighted by Crippen LogP contribution is -2.29. The van der Waals surface area contributed by atoms with Gasteiger partial charge < -0.3 is 24.2 Å². The maximum atomic E-state index is 13.3. The highest BCUT2D eigenvalue weighted by Crippen LogP contribution is 2.44. The Labute approximate surface area is 209 Å². The zero-order chi connectivity index (χ0) is 25.7. The summed E-state index contributed by atoms with van der Waals surface area (Å²) in [5.74, 6) is -0.158. The molecule has 0 radical (unpaired) electrons. The summed E-state index contributed by atoms with van der Waals surface area (Å²) in [6.45, 7) is 2.70. The van der Waals surface area contributed by atoms with Gasteiger partial charge in [0.1, 0.15) is 23.0 Å². The minimum Gasteiger partial charge on any atom is -0.507 e. The second kappa shape index (κ2) is 10.9. The normalized spacial score (nSPS) is 16.8. The van der Waals surface area contributed by atoms with Crippen LogP contribution in [0.4, 0.5) is 0 Å². The zero-order valence-electron chi connectivity index (χ0n) is 20.4. The number of aliphatic hydroxyl groups excluding tert-OH is 1. The fourth-order valence-corrected chi connectivity index (χ4v) is 4.19. The number of pyridine rings is 1. The molecule has 1 fully saturated rings. The van der Waals surface area contributed by atoms with Crippen LogP contribution in [-0.2, 0) is 16.1 Å². The molecule has 0 unspecified atom stereocenters. The number of methoxy groups -OCH3 is 2. The highest BCUT2D eigenvalue weighted by atomic mass is 16.5. The number of carbonyl (C=O) groups excluding carboxylic acids is 2. The Kier molecular flexibility index (Phi) is 7.53. The number of benzene rings is 2. The minimum absolute atomic E-state index is 0.0299. The molecule has 1 aromatic heterocycles. The van der Waals surface area contributed by atoms with Crippen molar-refractivity contribution in [2.24, 2.45) is 0 Å². The first-order valence-electron chi connectivity index (χ1n) is 11.6. The van der Waals surface area contributed by atoms with E-state index in [1.54, 1.807) is 60.9 Å². The highest BCUT2D eigenvalue weighted by Gasteiger charge is 2.47. The molecule has 1 aliphatic heterocycles. The number of Topliss-reactive ketones (excluding diaryl/α,β-unsaturated/α-hetero) is 1. The summed E-state index contributed by atoms with van der Waals surface area (Å²) in [7, 11) is 3.04. The first-order valence-corrected chi connectivity index (χ1v) is 11.6. The van der Waals surface area contributed by atoms with Crippen molar-refractivity contribution >= 4 is 17.4 Å². The summed E-state index contributed by atoms with van der Waals surface area (Å²) in [4.78, 5) is 32.2. The van der Waals surface area contributed by atoms with Crippen molar-refractivity contribution in [2.45, 2.75) is 25.9 Å². The van der Waals surface area contributed by atoms with Crippen LogP contribution in [0.25, 0.3) is 5.76 Å². The molecule has 0 bridgehead atoms. The van der Waals surface area contributed by atoms with Gasteiger partial charge in [-0.25, -0.2) is 0 Å². The van der Waals surface area contributed by atoms with Gasteiger partial charge >= 0.3 is 0 Å². The molecular weight excluding hydrogens is 460 g/mol. The van der Waals surface area contributed by atoms with Crippen molar-refractivity contribution in [2.75, 3.05) is 20.8 Å². The molecule has 0 spiro atoms. The molecule has 186 valence electrons. The van der Waals surface area contributed by atoms with Crippen LogP contribution in [0.2, 0.25) is 0 Å². The molecule has 4 rings (SSSR count). The van der Waals surface area contributed by atoms with Gasteiger partial charge in [-0.2, -0.15) is 0 Å². The van der Waals surface area contributed by atoms with Crippen LogP contribution in [0.5, 0.6) is 17.2 Å². The molecule has 0 aliphatic carbocycles. The summed E-state index contributed by atoms with van der Waals surface area (Å²) in [5.41, 5.74) is 1.62. The monoisotopic (exact) mass is 488 g/mol. The molecule has 2 aromatic carbocycles. The third kappa shape index (κ3) is 4.88. The molecule has 8 nitrogen and oxygen atoms in total. The maximum Gasteiger partial charge on any atom is 0.295 e. The summed E-state index contributed by atoms with van der Waals surface area (Å²) in [5, 5.41) is 11.3. The van der Waals surface area contributed by atoms with E-state index >= 15 is 0 Å². The Morgan fingerprint density at radius 2 is 1.78 bits per heavy atom. The van der Waals surface area contributed by atoms with Crippen molar-refractivity contribution in [3.63, 3.8) is 0 Å². The number of rotatable bonds is 9. The Morgan fingerprint density at radius 3 is 2.42 bits per heavy atom. The van der Waals surface area contributed by atoms with Crippen LogP contribution in [0.3, 0.4) is 0 Å². The average molecular weight is 489 g/mol. The summed E-state index contributed by atoms with van der Waals surface area (Å²) in [6.07, 6.45) is 4.13. The topological polar surface area (TPSA) is 98.2 Å². The zero-order valence-corrected chi connectivity index (χ0v) is 20.4. The van der Waals surface area contributed by atoms with Crippen LogP contribution in [-0.4, -0.2) is 47.5 Å². The Bertz CT molecular complexity index is 1270. The molecule has 1 saturated heterocycles. The first-order chi connectivity index (χ1) is 17.5. The Morgan fingerprint density at radius 1 is 1.03 bits per heavy atom. The van der Waals surface area contributed by atoms with Crippen LogP contribution >= 0.6 is 0 Å². The summed E-state index contributed by atoms with van der Waals surface area (Å²) < 4.78 is 16.6. The van der Waals surface area contributed by atoms with E-state index in [0.717, 1.165) is 12.0 Å². The van der Waals surface area contributed by atoms with E-state index < -0.39 is 17.7 Å². The number of hydrogen-bond donors (Lipinski definition) is 1. The van der Waals surface area contributed by atoms with E-state index in [-0.39, 0.29) is 17.9 Å². The average Bonchev–Trinajstić information content (AvgIpc) is 3.16. The quantitative estimate of drug-likeness (QED) is 0.269. The molecule has 0 saturated carbocycles. The first kappa shape index (κ1) is 24.8. The second-order valence-corrected chi connectivity index (χ2v) is 8.27. The summed E-state index contributed by atoms with van der Waals surface area (Å²) in [6, 6.07) is 14.6. The van der Waals surface area contributed by atoms with E-state index in [1.165, 1.54) is 19.1 Å². The molecule has 3 aromatic rings. The molecule has 2 heterocycles. The van der Waals surface area contributed by atoms with E-state index in [0.29, 0.717) is 35.0 Å². The SMILES string of the molecule is CCCOc1ccc(/C(O)=C2\C(=O)C(=O)N(Cc3cccnc3)[C@@H]2c2cc(OC)ccc2OC)cc1. The fourth-order valence-electron chi connectivity index (χ4n) is 4.19. The Balaban J connectivity index is 1.86. The van der Waals surface area contributed by atoms with Gasteiger partial charge in [0.25, 0.3) is 11.7 Å². The molecule has 1 atom stereocenters. The largest absolute Gasteiger partial charge is 0.507 e. The fraction of sp³-hybridized carbons (Fsp3) is 0.250. The standard InChI is InChI=1S/C28H28N2O6/c1-4-14-36-20-9-7-19(8-10-20)26(31)24-25(22-15-21(34-2)11-12-23(22)35-3)30(28(33)27(24)32)17-18-6-5-13-29-16-18/h5-13,15-16,25,31H,4,14,17H2,1-3H3/b26-24+/t25-/m1/s1. The highest BCUT2D eigenvalue weighted by molar-refractivity contribution is 6.46. The number of ketones is 1. The minimum atomic E-state index is -0.911. The van der Waals surface area contributed by atoms with E-state index in [2.05, 4.69) is 4.98 Å². The van der Waals surface area contributed by atoms with Gasteiger partial charge in [-0.1, -0.05) is 13.0 Å². The Hall–Kier alpha value is -4.33. The van der Waals surface area contributed by atoms with Crippen LogP contribution in [0, 0.1) is 0 Å². The van der Waals surface area contributed by atoms with E-state index in [1.807, 2.05) is 13.0 Å². The van der Waals surface area contributed by atoms with Gasteiger partial charge in [-0.05, 0) is 60.5 Å². The molecule has 1 amide bonds. The van der Waals surface area contributed by atoms with E-state index in [4.69, 9.17) is 14.2 Å². The van der Waals surface area contributed by atoms with E-state index in [9.17, 15) is 14.7 Å². The van der Waals surface area contributed by atoms with Gasteiger partial charge in [-0.3, -0.25) is 14.6 Å². The van der Waals surface area contributed by atoms with Crippen LogP contribution < -0.4 is 14.2 Å². The molecular formula is C28H28N2O6. The van der Waals surface area contributed by atoms with Crippen molar-refractivity contribution in [3.8, 4) is 17.2 Å². The predicted molar refractivity (Wildman–Crippen MR) is 134 cm³/mol. The lowest BCUT2D eigenvalue weighted by atomic mass is 9.94. The predicted octanol–water partition coefficient (Wildman–Crippen LogP) is 4.51. The molecule has 8 heteroatoms. The second-order valence-electron chi connectivity index (χ2n) is 8.27. The molecule has 1 N–H and O–H groups in total. The van der Waals surface area contributed by atoms with Gasteiger partial charge in [0.2, 0.25) is 0 Å². The van der Waals surface area contributed by atoms with Gasteiger partial charge in [-0.15, -0.1) is 0 Å². The number of nitrogens with zero attached hydrogens (tertiary/aromatic N) is 2. The van der Waals surface area contributed by atoms with Gasteiger partial charge in [0.05, 0.1) is 32.4 Å². The van der Waals surface area contributed by atoms with Gasteiger partial charge in [0.15, 0.2) is 0 Å². The number of carbonyl (C=O) groups is 2. The lowest BCUT2D eigenvalue weighted by molar-refractivity contribution is -0.140. The van der Waals surface area contributed by atoms with Crippen molar-refractivity contribution in [3.05, 3.63) is 89.3 Å². The van der Waals surface area contributed by atoms with Crippen molar-refractivity contribution in [1.82, 2.24) is 9.88 Å². The maximum absolute atomic E-state index is 13.3. The summed E-state index contributed by atoms with van der Waals surface area (Å²) >= 11 is 0. The smallest absolute Gasteiger partial charge is 0.295 e. The number of hydrogen-bond acceptors (Lipinski definition) is 7. The number of amides is 1. The molecule has 1 aliphatic rings. The van der Waals surface area contributed by atoms with Crippen LogP contribution in [0.15, 0.2) is 72.6 Å². The number of likely N-dealkylation sites (tertiary alicyclic amines) is 1. The third-order valence-corrected chi connectivity index (χ3v) is 5.95. The van der Waals surface area contributed by atoms with Crippen molar-refractivity contribution < 1.29 is 28.9 Å². The third-order valence-electron chi connectivity index (χ3n) is 5.95. The van der Waals surface area contributed by atoms with Gasteiger partial charge in [0, 0.05) is 30.1 Å². The lowest BCUT2D eigenvalue weighted by Gasteiger charge is -2.27. The molecule has 36 heavy (non-hydrogen) atoms. The number of aromatic nitrogens is 1. The van der Waals surface area contributed by atoms with Crippen LogP contribution in [0.1, 0.15) is 36.1 Å². The van der Waals surface area contributed by atoms with Crippen molar-refractivity contribution in [1.29, 1.82) is 0 Å².